The van der Waals surface area contributed by atoms with Gasteiger partial charge in [-0.05, 0) is 30.5 Å². The van der Waals surface area contributed by atoms with E-state index in [-0.39, 0.29) is 0 Å². The second-order valence-corrected chi connectivity index (χ2v) is 3.81. The van der Waals surface area contributed by atoms with Crippen molar-refractivity contribution in [2.45, 2.75) is 26.7 Å². The van der Waals surface area contributed by atoms with E-state index in [1.807, 2.05) is 24.6 Å². The predicted octanol–water partition coefficient (Wildman–Crippen LogP) is 4.00. The first-order valence-electron chi connectivity index (χ1n) is 6.17. The number of rotatable bonds is 8. The molecule has 0 atom stereocenters. The van der Waals surface area contributed by atoms with Crippen molar-refractivity contribution in [1.82, 2.24) is 0 Å². The maximum absolute atomic E-state index is 5.69. The van der Waals surface area contributed by atoms with Gasteiger partial charge in [-0.3, -0.25) is 0 Å². The fourth-order valence-electron chi connectivity index (χ4n) is 1.42. The quantitative estimate of drug-likeness (QED) is 0.675. The van der Waals surface area contributed by atoms with Gasteiger partial charge >= 0.3 is 0 Å². The Morgan fingerprint density at radius 3 is 2.29 bits per heavy atom. The molecule has 0 aromatic heterocycles. The fraction of sp³-hybridized carbons (Fsp3) is 0.400. The van der Waals surface area contributed by atoms with Gasteiger partial charge in [0.05, 0.1) is 13.2 Å². The summed E-state index contributed by atoms with van der Waals surface area (Å²) < 4.78 is 11.3. The van der Waals surface area contributed by atoms with Gasteiger partial charge in [-0.15, -0.1) is 6.58 Å². The molecule has 2 nitrogen and oxygen atoms in total. The predicted molar refractivity (Wildman–Crippen MR) is 71.6 cm³/mol. The van der Waals surface area contributed by atoms with Gasteiger partial charge in [-0.1, -0.05) is 26.0 Å². The van der Waals surface area contributed by atoms with Crippen molar-refractivity contribution < 1.29 is 9.47 Å². The highest BCUT2D eigenvalue weighted by Crippen LogP contribution is 2.29. The van der Waals surface area contributed by atoms with Crippen LogP contribution in [0.4, 0.5) is 0 Å². The lowest BCUT2D eigenvalue weighted by molar-refractivity contribution is 0.268. The Bertz CT molecular complexity index is 345. The Balaban J connectivity index is 2.81. The molecule has 0 aliphatic carbocycles. The highest BCUT2D eigenvalue weighted by atomic mass is 16.5. The minimum atomic E-state index is 0.708. The van der Waals surface area contributed by atoms with Crippen LogP contribution in [0.5, 0.6) is 11.5 Å². The molecule has 17 heavy (non-hydrogen) atoms. The third-order valence-electron chi connectivity index (χ3n) is 2.20. The maximum atomic E-state index is 5.69. The van der Waals surface area contributed by atoms with Crippen molar-refractivity contribution >= 4 is 0 Å². The summed E-state index contributed by atoms with van der Waals surface area (Å²) in [5.74, 6) is 1.64. The van der Waals surface area contributed by atoms with Crippen LogP contribution < -0.4 is 9.47 Å². The zero-order chi connectivity index (χ0) is 12.5. The first-order valence-corrected chi connectivity index (χ1v) is 6.17. The molecule has 2 heteroatoms. The summed E-state index contributed by atoms with van der Waals surface area (Å²) in [6.45, 7) is 9.30. The van der Waals surface area contributed by atoms with E-state index >= 15 is 0 Å². The van der Waals surface area contributed by atoms with Crippen LogP contribution in [0.25, 0.3) is 0 Å². The van der Waals surface area contributed by atoms with Gasteiger partial charge in [-0.2, -0.15) is 0 Å². The largest absolute Gasteiger partial charge is 0.490 e. The lowest BCUT2D eigenvalue weighted by Gasteiger charge is -2.13. The van der Waals surface area contributed by atoms with Crippen LogP contribution in [0, 0.1) is 6.42 Å². The van der Waals surface area contributed by atoms with Crippen LogP contribution in [-0.2, 0) is 0 Å². The fourth-order valence-corrected chi connectivity index (χ4v) is 1.42. The van der Waals surface area contributed by atoms with E-state index in [0.29, 0.717) is 13.2 Å². The van der Waals surface area contributed by atoms with Gasteiger partial charge in [0, 0.05) is 6.42 Å². The highest BCUT2D eigenvalue weighted by Gasteiger charge is 2.06. The molecule has 0 spiro atoms. The average Bonchev–Trinajstić information content (AvgIpc) is 2.35. The van der Waals surface area contributed by atoms with Crippen molar-refractivity contribution in [2.75, 3.05) is 13.2 Å². The van der Waals surface area contributed by atoms with E-state index in [1.165, 1.54) is 0 Å². The van der Waals surface area contributed by atoms with Crippen LogP contribution in [0.3, 0.4) is 0 Å². The third-order valence-corrected chi connectivity index (χ3v) is 2.20. The number of hydrogen-bond acceptors (Lipinski definition) is 2. The third kappa shape index (κ3) is 4.51. The Labute approximate surface area is 104 Å². The molecule has 0 heterocycles. The molecule has 0 aliphatic heterocycles. The molecule has 0 aliphatic rings. The summed E-state index contributed by atoms with van der Waals surface area (Å²) in [5, 5.41) is 0. The maximum Gasteiger partial charge on any atom is 0.161 e. The van der Waals surface area contributed by atoms with Crippen LogP contribution in [0.1, 0.15) is 32.3 Å². The van der Waals surface area contributed by atoms with Gasteiger partial charge in [0.2, 0.25) is 0 Å². The molecule has 1 aromatic carbocycles. The van der Waals surface area contributed by atoms with Crippen molar-refractivity contribution in [1.29, 1.82) is 0 Å². The minimum Gasteiger partial charge on any atom is -0.490 e. The molecule has 0 unspecified atom stereocenters. The summed E-state index contributed by atoms with van der Waals surface area (Å²) >= 11 is 0. The van der Waals surface area contributed by atoms with E-state index in [2.05, 4.69) is 20.4 Å². The lowest BCUT2D eigenvalue weighted by atomic mass is 10.1. The van der Waals surface area contributed by atoms with E-state index < -0.39 is 0 Å². The average molecular weight is 233 g/mol. The number of hydrogen-bond donors (Lipinski definition) is 0. The van der Waals surface area contributed by atoms with Gasteiger partial charge in [0.1, 0.15) is 0 Å². The number of allylic oxidation sites excluding steroid dienone is 1. The summed E-state index contributed by atoms with van der Waals surface area (Å²) in [7, 11) is 0. The standard InChI is InChI=1S/C15H21O2/c1-4-7-13-8-9-14(16-10-5-2)15(12-13)17-11-6-3/h4,7-9,12H,1,5-6,10-11H2,2-3H3. The molecule has 0 fully saturated rings. The van der Waals surface area contributed by atoms with E-state index in [4.69, 9.17) is 9.47 Å². The first kappa shape index (κ1) is 13.6. The molecular weight excluding hydrogens is 212 g/mol. The minimum absolute atomic E-state index is 0.708. The van der Waals surface area contributed by atoms with E-state index in [0.717, 1.165) is 29.9 Å². The van der Waals surface area contributed by atoms with Crippen LogP contribution in [-0.4, -0.2) is 13.2 Å². The summed E-state index contributed by atoms with van der Waals surface area (Å²) in [4.78, 5) is 0. The van der Waals surface area contributed by atoms with Crippen molar-refractivity contribution in [2.24, 2.45) is 0 Å². The van der Waals surface area contributed by atoms with Gasteiger partial charge in [-0.25, -0.2) is 0 Å². The van der Waals surface area contributed by atoms with Crippen LogP contribution in [0.2, 0.25) is 0 Å². The Morgan fingerprint density at radius 1 is 1.06 bits per heavy atom. The van der Waals surface area contributed by atoms with Gasteiger partial charge in [0.25, 0.3) is 0 Å². The van der Waals surface area contributed by atoms with Gasteiger partial charge in [0.15, 0.2) is 11.5 Å². The van der Waals surface area contributed by atoms with E-state index in [1.54, 1.807) is 6.08 Å². The molecule has 0 N–H and O–H groups in total. The summed E-state index contributed by atoms with van der Waals surface area (Å²) in [5.41, 5.74) is 1.08. The van der Waals surface area contributed by atoms with Crippen LogP contribution >= 0.6 is 0 Å². The zero-order valence-electron chi connectivity index (χ0n) is 10.7. The zero-order valence-corrected chi connectivity index (χ0v) is 10.7. The van der Waals surface area contributed by atoms with Crippen molar-refractivity contribution in [3.63, 3.8) is 0 Å². The van der Waals surface area contributed by atoms with Crippen LogP contribution in [0.15, 0.2) is 30.9 Å². The Morgan fingerprint density at radius 2 is 1.71 bits per heavy atom. The van der Waals surface area contributed by atoms with E-state index in [9.17, 15) is 0 Å². The molecule has 0 amide bonds. The second-order valence-electron chi connectivity index (χ2n) is 3.81. The molecule has 1 aromatic rings. The highest BCUT2D eigenvalue weighted by molar-refractivity contribution is 5.45. The number of ether oxygens (including phenoxy) is 2. The Hall–Kier alpha value is -1.44. The van der Waals surface area contributed by atoms with Crippen molar-refractivity contribution in [3.8, 4) is 11.5 Å². The molecule has 93 valence electrons. The molecule has 1 rings (SSSR count). The second kappa shape index (κ2) is 7.77. The summed E-state index contributed by atoms with van der Waals surface area (Å²) in [6, 6.07) is 5.95. The topological polar surface area (TPSA) is 18.5 Å². The molecule has 0 saturated heterocycles. The molecule has 0 bridgehead atoms. The molecule has 0 saturated carbocycles. The SMILES string of the molecule is C=C[CH]c1ccc(OCCC)c(OCCC)c1. The molecule has 1 radical (unpaired) electrons. The monoisotopic (exact) mass is 233 g/mol. The summed E-state index contributed by atoms with van der Waals surface area (Å²) in [6.07, 6.45) is 5.70. The molecular formula is C15H21O2. The Kier molecular flexibility index (Phi) is 6.23. The van der Waals surface area contributed by atoms with Crippen molar-refractivity contribution in [3.05, 3.63) is 42.8 Å². The normalized spacial score (nSPS) is 10.0. The number of benzene rings is 1. The van der Waals surface area contributed by atoms with Gasteiger partial charge < -0.3 is 9.47 Å². The lowest BCUT2D eigenvalue weighted by Crippen LogP contribution is -2.01. The smallest absolute Gasteiger partial charge is 0.161 e. The first-order chi connectivity index (χ1) is 8.31.